The molecular formula is C17H17Cl2NOS. The molecule has 1 unspecified atom stereocenters. The van der Waals surface area contributed by atoms with E-state index in [2.05, 4.69) is 4.40 Å². The molecule has 0 aliphatic rings. The largest absolute Gasteiger partial charge is 0.591 e. The van der Waals surface area contributed by atoms with E-state index in [-0.39, 0.29) is 4.75 Å². The minimum Gasteiger partial charge on any atom is -0.591 e. The summed E-state index contributed by atoms with van der Waals surface area (Å²) in [7, 11) is 0. The van der Waals surface area contributed by atoms with Gasteiger partial charge in [-0.1, -0.05) is 51.9 Å². The summed E-state index contributed by atoms with van der Waals surface area (Å²) >= 11 is 11.2. The molecule has 0 bridgehead atoms. The van der Waals surface area contributed by atoms with Gasteiger partial charge in [-0.25, -0.2) is 0 Å². The normalized spacial score (nSPS) is 13.5. The van der Waals surface area contributed by atoms with Crippen LogP contribution >= 0.6 is 23.2 Å². The number of benzene rings is 2. The Hall–Kier alpha value is -1.00. The van der Waals surface area contributed by atoms with E-state index >= 15 is 0 Å². The molecule has 2 aromatic carbocycles. The van der Waals surface area contributed by atoms with Gasteiger partial charge < -0.3 is 4.55 Å². The standard InChI is InChI=1S/C17H17Cl2NOS/c1-17(2,3)22(21)20-11-12-6-4-7-13(10-12)16-14(18)8-5-9-15(16)19/h4-11H,1-3H3. The SMILES string of the molecule is CC(C)(C)[S+]([O-])N=Cc1cccc(-c2c(Cl)cccc2Cl)c1. The Morgan fingerprint density at radius 3 is 2.23 bits per heavy atom. The molecule has 2 rings (SSSR count). The van der Waals surface area contributed by atoms with Crippen LogP contribution in [0.25, 0.3) is 11.1 Å². The van der Waals surface area contributed by atoms with Crippen LogP contribution in [-0.2, 0) is 11.4 Å². The lowest BCUT2D eigenvalue weighted by atomic mass is 10.0. The van der Waals surface area contributed by atoms with Gasteiger partial charge in [-0.05, 0) is 50.1 Å². The van der Waals surface area contributed by atoms with Gasteiger partial charge in [0.2, 0.25) is 0 Å². The fourth-order valence-electron chi connectivity index (χ4n) is 1.81. The number of rotatable bonds is 3. The molecule has 2 aromatic rings. The van der Waals surface area contributed by atoms with Crippen LogP contribution in [0.4, 0.5) is 0 Å². The summed E-state index contributed by atoms with van der Waals surface area (Å²) in [6.07, 6.45) is 1.62. The number of hydrogen-bond acceptors (Lipinski definition) is 2. The zero-order chi connectivity index (χ0) is 16.3. The summed E-state index contributed by atoms with van der Waals surface area (Å²) in [4.78, 5) is 0. The molecular weight excluding hydrogens is 337 g/mol. The predicted octanol–water partition coefficient (Wildman–Crippen LogP) is 5.54. The van der Waals surface area contributed by atoms with Gasteiger partial charge in [-0.3, -0.25) is 0 Å². The van der Waals surface area contributed by atoms with Crippen molar-refractivity contribution in [3.8, 4) is 11.1 Å². The lowest BCUT2D eigenvalue weighted by Gasteiger charge is -2.17. The van der Waals surface area contributed by atoms with Crippen molar-refractivity contribution in [2.45, 2.75) is 25.5 Å². The van der Waals surface area contributed by atoms with Crippen LogP contribution in [0.1, 0.15) is 26.3 Å². The minimum absolute atomic E-state index is 0.375. The first-order valence-corrected chi connectivity index (χ1v) is 8.66. The van der Waals surface area contributed by atoms with Gasteiger partial charge in [0, 0.05) is 15.6 Å². The highest BCUT2D eigenvalue weighted by Crippen LogP contribution is 2.34. The molecule has 5 heteroatoms. The van der Waals surface area contributed by atoms with E-state index in [0.717, 1.165) is 16.7 Å². The molecule has 0 aliphatic carbocycles. The predicted molar refractivity (Wildman–Crippen MR) is 97.4 cm³/mol. The summed E-state index contributed by atoms with van der Waals surface area (Å²) in [5.74, 6) is 0. The Balaban J connectivity index is 2.34. The van der Waals surface area contributed by atoms with Crippen molar-refractivity contribution >= 4 is 40.8 Å². The highest BCUT2D eigenvalue weighted by Gasteiger charge is 2.25. The van der Waals surface area contributed by atoms with E-state index in [4.69, 9.17) is 23.2 Å². The summed E-state index contributed by atoms with van der Waals surface area (Å²) in [6, 6.07) is 13.1. The Labute approximate surface area is 144 Å². The van der Waals surface area contributed by atoms with Crippen molar-refractivity contribution in [1.29, 1.82) is 0 Å². The second-order valence-electron chi connectivity index (χ2n) is 5.82. The average Bonchev–Trinajstić information content (AvgIpc) is 2.44. The highest BCUT2D eigenvalue weighted by atomic mass is 35.5. The van der Waals surface area contributed by atoms with Crippen molar-refractivity contribution in [2.75, 3.05) is 0 Å². The first-order chi connectivity index (χ1) is 10.3. The molecule has 0 N–H and O–H groups in total. The van der Waals surface area contributed by atoms with Crippen LogP contribution in [0.2, 0.25) is 10.0 Å². The van der Waals surface area contributed by atoms with Crippen molar-refractivity contribution in [3.63, 3.8) is 0 Å². The average molecular weight is 354 g/mol. The monoisotopic (exact) mass is 353 g/mol. The highest BCUT2D eigenvalue weighted by molar-refractivity contribution is 7.91. The van der Waals surface area contributed by atoms with Gasteiger partial charge in [0.25, 0.3) is 0 Å². The van der Waals surface area contributed by atoms with E-state index < -0.39 is 11.4 Å². The molecule has 0 saturated carbocycles. The molecule has 0 fully saturated rings. The molecule has 0 heterocycles. The number of nitrogens with zero attached hydrogens (tertiary/aromatic N) is 1. The zero-order valence-electron chi connectivity index (χ0n) is 12.6. The molecule has 0 radical (unpaired) electrons. The van der Waals surface area contributed by atoms with Crippen molar-refractivity contribution in [2.24, 2.45) is 4.40 Å². The van der Waals surface area contributed by atoms with Crippen LogP contribution in [0.15, 0.2) is 46.9 Å². The molecule has 0 amide bonds. The molecule has 0 aliphatic heterocycles. The zero-order valence-corrected chi connectivity index (χ0v) is 15.0. The Kier molecular flexibility index (Phi) is 5.56. The minimum atomic E-state index is -1.28. The summed E-state index contributed by atoms with van der Waals surface area (Å²) in [5.41, 5.74) is 2.55. The van der Waals surface area contributed by atoms with Crippen molar-refractivity contribution in [3.05, 3.63) is 58.1 Å². The van der Waals surface area contributed by atoms with Gasteiger partial charge in [0.1, 0.15) is 16.1 Å². The van der Waals surface area contributed by atoms with Gasteiger partial charge in [0.15, 0.2) is 0 Å². The second-order valence-corrected chi connectivity index (χ2v) is 8.57. The smallest absolute Gasteiger partial charge is 0.144 e. The van der Waals surface area contributed by atoms with Crippen LogP contribution in [0.3, 0.4) is 0 Å². The van der Waals surface area contributed by atoms with E-state index in [9.17, 15) is 4.55 Å². The summed E-state index contributed by atoms with van der Waals surface area (Å²) in [6.45, 7) is 5.67. The van der Waals surface area contributed by atoms with Gasteiger partial charge in [-0.2, -0.15) is 0 Å². The maximum Gasteiger partial charge on any atom is 0.144 e. The molecule has 116 valence electrons. The molecule has 0 spiro atoms. The molecule has 22 heavy (non-hydrogen) atoms. The third kappa shape index (κ3) is 4.26. The first-order valence-electron chi connectivity index (χ1n) is 6.79. The van der Waals surface area contributed by atoms with E-state index in [0.29, 0.717) is 10.0 Å². The third-order valence-corrected chi connectivity index (χ3v) is 4.93. The molecule has 1 atom stereocenters. The van der Waals surface area contributed by atoms with Crippen LogP contribution in [-0.4, -0.2) is 15.5 Å². The van der Waals surface area contributed by atoms with Gasteiger partial charge in [-0.15, -0.1) is 0 Å². The Bertz CT molecular complexity index is 675. The van der Waals surface area contributed by atoms with Crippen LogP contribution in [0, 0.1) is 0 Å². The van der Waals surface area contributed by atoms with Crippen molar-refractivity contribution < 1.29 is 4.55 Å². The molecule has 0 aromatic heterocycles. The maximum atomic E-state index is 12.0. The molecule has 2 nitrogen and oxygen atoms in total. The topological polar surface area (TPSA) is 35.4 Å². The Morgan fingerprint density at radius 2 is 1.64 bits per heavy atom. The summed E-state index contributed by atoms with van der Waals surface area (Å²) in [5, 5.41) is 1.19. The molecule has 0 saturated heterocycles. The van der Waals surface area contributed by atoms with E-state index in [1.54, 1.807) is 18.3 Å². The van der Waals surface area contributed by atoms with Gasteiger partial charge >= 0.3 is 0 Å². The first kappa shape index (κ1) is 17.4. The lowest BCUT2D eigenvalue weighted by Crippen LogP contribution is -2.25. The van der Waals surface area contributed by atoms with E-state index in [1.165, 1.54) is 0 Å². The van der Waals surface area contributed by atoms with Crippen LogP contribution in [0.5, 0.6) is 0 Å². The summed E-state index contributed by atoms with van der Waals surface area (Å²) < 4.78 is 15.7. The lowest BCUT2D eigenvalue weighted by molar-refractivity contribution is 0.562. The maximum absolute atomic E-state index is 12.0. The second kappa shape index (κ2) is 7.05. The van der Waals surface area contributed by atoms with Crippen LogP contribution < -0.4 is 0 Å². The van der Waals surface area contributed by atoms with Crippen molar-refractivity contribution in [1.82, 2.24) is 0 Å². The van der Waals surface area contributed by atoms with Gasteiger partial charge in [0.05, 0.1) is 6.21 Å². The fourth-order valence-corrected chi connectivity index (χ4v) is 2.96. The Morgan fingerprint density at radius 1 is 1.05 bits per heavy atom. The van der Waals surface area contributed by atoms with E-state index in [1.807, 2.05) is 51.1 Å². The fraction of sp³-hybridized carbons (Fsp3) is 0.235. The quantitative estimate of drug-likeness (QED) is 0.526. The number of hydrogen-bond donors (Lipinski definition) is 0. The number of halogens is 2. The third-order valence-electron chi connectivity index (χ3n) is 2.96.